The van der Waals surface area contributed by atoms with Crippen LogP contribution in [0.1, 0.15) is 66.3 Å². The molecular weight excluding hydrogens is 544 g/mol. The van der Waals surface area contributed by atoms with E-state index in [1.807, 2.05) is 67.8 Å². The summed E-state index contributed by atoms with van der Waals surface area (Å²) in [6.45, 7) is 10.8. The van der Waals surface area contributed by atoms with Gasteiger partial charge >= 0.3 is 5.97 Å². The van der Waals surface area contributed by atoms with Crippen LogP contribution < -0.4 is 10.1 Å². The third kappa shape index (κ3) is 6.56. The average Bonchev–Trinajstić information content (AvgIpc) is 3.52. The molecule has 0 aliphatic rings. The Balaban J connectivity index is 1.45. The molecule has 8 nitrogen and oxygen atoms in total. The number of methoxy groups -OCH3 is 1. The summed E-state index contributed by atoms with van der Waals surface area (Å²) in [4.78, 5) is 26.6. The van der Waals surface area contributed by atoms with Gasteiger partial charge in [-0.15, -0.1) is 21.5 Å². The van der Waals surface area contributed by atoms with Crippen molar-refractivity contribution in [2.75, 3.05) is 18.2 Å². The van der Waals surface area contributed by atoms with E-state index in [1.165, 1.54) is 35.8 Å². The van der Waals surface area contributed by atoms with Crippen LogP contribution in [-0.4, -0.2) is 39.5 Å². The van der Waals surface area contributed by atoms with Crippen LogP contribution in [0.25, 0.3) is 11.1 Å². The fraction of sp³-hybridized carbons (Fsp3) is 0.333. The number of hydrogen-bond donors (Lipinski definition) is 1. The lowest BCUT2D eigenvalue weighted by Crippen LogP contribution is -2.17. The van der Waals surface area contributed by atoms with Crippen LogP contribution >= 0.6 is 23.1 Å². The normalized spacial score (nSPS) is 11.9. The van der Waals surface area contributed by atoms with Gasteiger partial charge in [-0.25, -0.2) is 4.79 Å². The van der Waals surface area contributed by atoms with E-state index < -0.39 is 5.97 Å². The van der Waals surface area contributed by atoms with Gasteiger partial charge in [-0.05, 0) is 49.9 Å². The second-order valence-corrected chi connectivity index (χ2v) is 11.7. The van der Waals surface area contributed by atoms with Crippen LogP contribution in [0.5, 0.6) is 5.75 Å². The molecule has 10 heteroatoms. The quantitative estimate of drug-likeness (QED) is 0.150. The minimum Gasteiger partial charge on any atom is -0.483 e. The van der Waals surface area contributed by atoms with E-state index in [0.717, 1.165) is 21.8 Å². The van der Waals surface area contributed by atoms with E-state index in [9.17, 15) is 9.59 Å². The zero-order valence-corrected chi connectivity index (χ0v) is 25.2. The molecule has 1 atom stereocenters. The summed E-state index contributed by atoms with van der Waals surface area (Å²) in [5, 5.41) is 12.7. The van der Waals surface area contributed by atoms with Gasteiger partial charge in [0.2, 0.25) is 5.91 Å². The summed E-state index contributed by atoms with van der Waals surface area (Å²) in [7, 11) is 1.34. The molecule has 1 amide bonds. The highest BCUT2D eigenvalue weighted by molar-refractivity contribution is 7.99. The largest absolute Gasteiger partial charge is 0.483 e. The number of hydrogen-bond acceptors (Lipinski definition) is 8. The van der Waals surface area contributed by atoms with Crippen molar-refractivity contribution in [3.63, 3.8) is 0 Å². The van der Waals surface area contributed by atoms with Crippen LogP contribution in [0.2, 0.25) is 0 Å². The number of aryl methyl sites for hydroxylation is 1. The molecule has 4 aromatic rings. The Morgan fingerprint density at radius 2 is 1.75 bits per heavy atom. The monoisotopic (exact) mass is 578 g/mol. The van der Waals surface area contributed by atoms with E-state index in [2.05, 4.69) is 41.5 Å². The van der Waals surface area contributed by atoms with E-state index in [1.54, 1.807) is 0 Å². The summed E-state index contributed by atoms with van der Waals surface area (Å²) >= 11 is 2.64. The molecule has 1 N–H and O–H groups in total. The summed E-state index contributed by atoms with van der Waals surface area (Å²) in [5.74, 6) is 1.26. The first-order chi connectivity index (χ1) is 19.2. The van der Waals surface area contributed by atoms with Crippen molar-refractivity contribution in [2.45, 2.75) is 58.3 Å². The number of nitrogens with zero attached hydrogens (tertiary/aromatic N) is 3. The third-order valence-corrected chi connectivity index (χ3v) is 8.39. The van der Waals surface area contributed by atoms with E-state index in [4.69, 9.17) is 9.47 Å². The van der Waals surface area contributed by atoms with Crippen LogP contribution in [0, 0.1) is 6.92 Å². The molecule has 2 heterocycles. The van der Waals surface area contributed by atoms with E-state index in [-0.39, 0.29) is 17.8 Å². The van der Waals surface area contributed by atoms with Crippen LogP contribution in [0.3, 0.4) is 0 Å². The predicted octanol–water partition coefficient (Wildman–Crippen LogP) is 7.12. The smallest absolute Gasteiger partial charge is 0.341 e. The first kappa shape index (κ1) is 29.4. The molecule has 0 spiro atoms. The van der Waals surface area contributed by atoms with Gasteiger partial charge in [0.1, 0.15) is 16.3 Å². The lowest BCUT2D eigenvalue weighted by molar-refractivity contribution is -0.113. The summed E-state index contributed by atoms with van der Waals surface area (Å²) < 4.78 is 13.1. The van der Waals surface area contributed by atoms with E-state index >= 15 is 0 Å². The molecule has 210 valence electrons. The second kappa shape index (κ2) is 13.1. The molecular formula is C30H34N4O4S2. The van der Waals surface area contributed by atoms with Crippen molar-refractivity contribution < 1.29 is 19.1 Å². The molecule has 2 aromatic carbocycles. The maximum absolute atomic E-state index is 13.0. The highest BCUT2D eigenvalue weighted by Crippen LogP contribution is 2.40. The topological polar surface area (TPSA) is 95.3 Å². The number of thiophene rings is 1. The maximum atomic E-state index is 13.0. The Kier molecular flexibility index (Phi) is 9.65. The number of thioether (sulfide) groups is 1. The fourth-order valence-corrected chi connectivity index (χ4v) is 6.26. The molecule has 0 fully saturated rings. The van der Waals surface area contributed by atoms with Crippen LogP contribution in [0.15, 0.2) is 59.8 Å². The Morgan fingerprint density at radius 1 is 1.05 bits per heavy atom. The van der Waals surface area contributed by atoms with Crippen molar-refractivity contribution in [2.24, 2.45) is 0 Å². The van der Waals surface area contributed by atoms with Crippen molar-refractivity contribution in [1.29, 1.82) is 0 Å². The summed E-state index contributed by atoms with van der Waals surface area (Å²) in [6, 6.07) is 17.7. The molecule has 0 aliphatic carbocycles. The summed E-state index contributed by atoms with van der Waals surface area (Å²) in [6.07, 6.45) is -0.325. The fourth-order valence-electron chi connectivity index (χ4n) is 4.37. The highest BCUT2D eigenvalue weighted by atomic mass is 32.2. The number of aromatic nitrogens is 3. The average molecular weight is 579 g/mol. The number of esters is 1. The molecule has 0 bridgehead atoms. The molecule has 0 aliphatic heterocycles. The standard InChI is InChI=1S/C30H34N4O4S2/c1-7-34-27(19(4)38-23-15-13-21(14-16-23)18(2)3)32-33-30(34)39-17-24(35)31-28-26(29(36)37-6)25(20(5)40-28)22-11-9-8-10-12-22/h8-16,18-19H,7,17H2,1-6H3,(H,31,35). The molecule has 4 rings (SSSR count). The molecule has 0 saturated heterocycles. The lowest BCUT2D eigenvalue weighted by atomic mass is 10.0. The van der Waals surface area contributed by atoms with Gasteiger partial charge < -0.3 is 19.4 Å². The van der Waals surface area contributed by atoms with Crippen molar-refractivity contribution >= 4 is 40.0 Å². The number of amides is 1. The number of benzene rings is 2. The second-order valence-electron chi connectivity index (χ2n) is 9.50. The number of anilines is 1. The van der Waals surface area contributed by atoms with Gasteiger partial charge in [-0.3, -0.25) is 4.79 Å². The molecule has 0 radical (unpaired) electrons. The first-order valence-electron chi connectivity index (χ1n) is 13.1. The van der Waals surface area contributed by atoms with Gasteiger partial charge in [0.25, 0.3) is 0 Å². The van der Waals surface area contributed by atoms with Crippen LogP contribution in [0.4, 0.5) is 5.00 Å². The first-order valence-corrected chi connectivity index (χ1v) is 14.9. The number of ether oxygens (including phenoxy) is 2. The number of carbonyl (C=O) groups excluding carboxylic acids is 2. The zero-order valence-electron chi connectivity index (χ0n) is 23.6. The number of rotatable bonds is 11. The number of nitrogens with one attached hydrogen (secondary N) is 1. The third-order valence-electron chi connectivity index (χ3n) is 6.41. The van der Waals surface area contributed by atoms with E-state index in [0.29, 0.717) is 34.0 Å². The Morgan fingerprint density at radius 3 is 2.38 bits per heavy atom. The minimum absolute atomic E-state index is 0.0995. The van der Waals surface area contributed by atoms with Crippen molar-refractivity contribution in [3.8, 4) is 16.9 Å². The maximum Gasteiger partial charge on any atom is 0.341 e. The Bertz CT molecular complexity index is 1460. The van der Waals surface area contributed by atoms with Gasteiger partial charge in [0.15, 0.2) is 17.1 Å². The zero-order chi connectivity index (χ0) is 28.8. The van der Waals surface area contributed by atoms with Gasteiger partial charge in [0, 0.05) is 17.0 Å². The van der Waals surface area contributed by atoms with Crippen molar-refractivity contribution in [1.82, 2.24) is 14.8 Å². The molecule has 2 aromatic heterocycles. The lowest BCUT2D eigenvalue weighted by Gasteiger charge is -2.16. The van der Waals surface area contributed by atoms with Gasteiger partial charge in [0.05, 0.1) is 12.9 Å². The number of carbonyl (C=O) groups is 2. The molecule has 1 unspecified atom stereocenters. The summed E-state index contributed by atoms with van der Waals surface area (Å²) in [5.41, 5.74) is 3.27. The SMILES string of the molecule is CCn1c(SCC(=O)Nc2sc(C)c(-c3ccccc3)c2C(=O)OC)nnc1C(C)Oc1ccc(C(C)C)cc1. The predicted molar refractivity (Wildman–Crippen MR) is 160 cm³/mol. The Labute approximate surface area is 243 Å². The molecule has 0 saturated carbocycles. The minimum atomic E-state index is -0.491. The van der Waals surface area contributed by atoms with Gasteiger partial charge in [-0.2, -0.15) is 0 Å². The van der Waals surface area contributed by atoms with Crippen molar-refractivity contribution in [3.05, 3.63) is 76.4 Å². The molecule has 40 heavy (non-hydrogen) atoms. The highest BCUT2D eigenvalue weighted by Gasteiger charge is 2.25. The van der Waals surface area contributed by atoms with Crippen LogP contribution in [-0.2, 0) is 16.1 Å². The van der Waals surface area contributed by atoms with Gasteiger partial charge in [-0.1, -0.05) is 68.1 Å². The Hall–Kier alpha value is -3.63.